The number of alkyl halides is 3. The Labute approximate surface area is 91.6 Å². The molecule has 0 heterocycles. The molecule has 2 nitrogen and oxygen atoms in total. The highest BCUT2D eigenvalue weighted by Crippen LogP contribution is 2.24. The van der Waals surface area contributed by atoms with Crippen molar-refractivity contribution in [2.45, 2.75) is 19.8 Å². The topological polar surface area (TPSA) is 35.2 Å². The Kier molecular flexibility index (Phi) is 4.90. The summed E-state index contributed by atoms with van der Waals surface area (Å²) in [5.74, 6) is -0.216. The number of aryl methyl sites for hydroxylation is 1. The third kappa shape index (κ3) is 4.40. The number of hydrogen-bond acceptors (Lipinski definition) is 2. The van der Waals surface area contributed by atoms with Crippen LogP contribution in [0, 0.1) is 6.92 Å². The maximum absolute atomic E-state index is 11.8. The Hall–Kier alpha value is -0.940. The maximum atomic E-state index is 11.8. The largest absolute Gasteiger partial charge is 0.573 e. The lowest BCUT2D eigenvalue weighted by molar-refractivity contribution is -0.274. The summed E-state index contributed by atoms with van der Waals surface area (Å²) in [6.45, 7) is 1.99. The van der Waals surface area contributed by atoms with E-state index in [0.29, 0.717) is 12.1 Å². The Balaban J connectivity index is 0.00000196. The van der Waals surface area contributed by atoms with Crippen molar-refractivity contribution in [1.82, 2.24) is 0 Å². The van der Waals surface area contributed by atoms with E-state index in [0.717, 1.165) is 5.56 Å². The highest BCUT2D eigenvalue weighted by Gasteiger charge is 2.31. The van der Waals surface area contributed by atoms with Gasteiger partial charge in [0.15, 0.2) is 0 Å². The van der Waals surface area contributed by atoms with Crippen molar-refractivity contribution in [3.8, 4) is 5.75 Å². The van der Waals surface area contributed by atoms with E-state index >= 15 is 0 Å². The Morgan fingerprint density at radius 1 is 1.33 bits per heavy atom. The van der Waals surface area contributed by atoms with Crippen LogP contribution in [-0.2, 0) is 6.54 Å². The molecule has 0 saturated carbocycles. The van der Waals surface area contributed by atoms with Crippen LogP contribution in [0.3, 0.4) is 0 Å². The second-order valence-corrected chi connectivity index (χ2v) is 2.84. The summed E-state index contributed by atoms with van der Waals surface area (Å²) in [6.07, 6.45) is -4.64. The molecule has 0 amide bonds. The normalized spacial score (nSPS) is 10.7. The van der Waals surface area contributed by atoms with Gasteiger partial charge >= 0.3 is 6.36 Å². The van der Waals surface area contributed by atoms with Crippen LogP contribution in [-0.4, -0.2) is 6.36 Å². The van der Waals surface area contributed by atoms with Crippen molar-refractivity contribution in [2.24, 2.45) is 5.73 Å². The van der Waals surface area contributed by atoms with Crippen molar-refractivity contribution in [2.75, 3.05) is 0 Å². The van der Waals surface area contributed by atoms with Crippen molar-refractivity contribution in [3.05, 3.63) is 29.3 Å². The zero-order valence-corrected chi connectivity index (χ0v) is 8.78. The molecule has 0 aromatic heterocycles. The maximum Gasteiger partial charge on any atom is 0.573 e. The molecule has 15 heavy (non-hydrogen) atoms. The SMILES string of the molecule is Cc1cc(OC(F)(F)F)ccc1CN.Cl. The molecule has 0 bridgehead atoms. The van der Waals surface area contributed by atoms with Gasteiger partial charge in [-0.15, -0.1) is 25.6 Å². The minimum absolute atomic E-state index is 0. The first-order chi connectivity index (χ1) is 6.42. The molecular formula is C9H11ClF3NO. The highest BCUT2D eigenvalue weighted by molar-refractivity contribution is 5.85. The minimum atomic E-state index is -4.64. The van der Waals surface area contributed by atoms with E-state index in [4.69, 9.17) is 5.73 Å². The van der Waals surface area contributed by atoms with E-state index in [-0.39, 0.29) is 18.2 Å². The average molecular weight is 242 g/mol. The fraction of sp³-hybridized carbons (Fsp3) is 0.333. The Bertz CT molecular complexity index is 328. The van der Waals surface area contributed by atoms with Gasteiger partial charge in [-0.25, -0.2) is 0 Å². The summed E-state index contributed by atoms with van der Waals surface area (Å²) < 4.78 is 39.2. The minimum Gasteiger partial charge on any atom is -0.406 e. The summed E-state index contributed by atoms with van der Waals surface area (Å²) in [5.41, 5.74) is 6.86. The molecule has 86 valence electrons. The van der Waals surface area contributed by atoms with Crippen molar-refractivity contribution in [1.29, 1.82) is 0 Å². The van der Waals surface area contributed by atoms with Gasteiger partial charge in [-0.2, -0.15) is 0 Å². The van der Waals surface area contributed by atoms with Crippen LogP contribution in [0.1, 0.15) is 11.1 Å². The van der Waals surface area contributed by atoms with Gasteiger partial charge in [-0.3, -0.25) is 0 Å². The molecule has 0 atom stereocenters. The summed E-state index contributed by atoms with van der Waals surface area (Å²) >= 11 is 0. The molecule has 0 aliphatic heterocycles. The fourth-order valence-electron chi connectivity index (χ4n) is 1.09. The first-order valence-electron chi connectivity index (χ1n) is 3.98. The first-order valence-corrected chi connectivity index (χ1v) is 3.98. The molecule has 1 aromatic carbocycles. The van der Waals surface area contributed by atoms with Crippen LogP contribution < -0.4 is 10.5 Å². The quantitative estimate of drug-likeness (QED) is 0.864. The van der Waals surface area contributed by atoms with Crippen LogP contribution in [0.4, 0.5) is 13.2 Å². The van der Waals surface area contributed by atoms with Gasteiger partial charge in [-0.05, 0) is 30.2 Å². The molecule has 1 rings (SSSR count). The van der Waals surface area contributed by atoms with Crippen LogP contribution in [0.5, 0.6) is 5.75 Å². The lowest BCUT2D eigenvalue weighted by Crippen LogP contribution is -2.17. The van der Waals surface area contributed by atoms with Gasteiger partial charge in [0.2, 0.25) is 0 Å². The molecule has 0 radical (unpaired) electrons. The van der Waals surface area contributed by atoms with Gasteiger partial charge in [0.25, 0.3) is 0 Å². The predicted octanol–water partition coefficient (Wildman–Crippen LogP) is 2.77. The molecule has 0 saturated heterocycles. The van der Waals surface area contributed by atoms with E-state index in [9.17, 15) is 13.2 Å². The standard InChI is InChI=1S/C9H10F3NO.ClH/c1-6-4-8(14-9(10,11)12)3-2-7(6)5-13;/h2-4H,5,13H2,1H3;1H. The van der Waals surface area contributed by atoms with Crippen LogP contribution in [0.2, 0.25) is 0 Å². The second-order valence-electron chi connectivity index (χ2n) is 2.84. The number of ether oxygens (including phenoxy) is 1. The molecule has 1 aromatic rings. The highest BCUT2D eigenvalue weighted by atomic mass is 35.5. The number of benzene rings is 1. The van der Waals surface area contributed by atoms with E-state index in [1.54, 1.807) is 6.92 Å². The monoisotopic (exact) mass is 241 g/mol. The van der Waals surface area contributed by atoms with E-state index in [1.165, 1.54) is 18.2 Å². The molecular weight excluding hydrogens is 231 g/mol. The molecule has 0 spiro atoms. The van der Waals surface area contributed by atoms with Gasteiger partial charge in [0, 0.05) is 6.54 Å². The molecule has 0 aliphatic carbocycles. The lowest BCUT2D eigenvalue weighted by Gasteiger charge is -2.10. The van der Waals surface area contributed by atoms with Gasteiger partial charge in [-0.1, -0.05) is 6.07 Å². The van der Waals surface area contributed by atoms with Crippen molar-refractivity contribution < 1.29 is 17.9 Å². The van der Waals surface area contributed by atoms with Crippen LogP contribution in [0.25, 0.3) is 0 Å². The number of nitrogens with two attached hydrogens (primary N) is 1. The third-order valence-corrected chi connectivity index (χ3v) is 1.77. The molecule has 0 unspecified atom stereocenters. The zero-order chi connectivity index (χ0) is 10.8. The molecule has 0 fully saturated rings. The van der Waals surface area contributed by atoms with Gasteiger partial charge < -0.3 is 10.5 Å². The second kappa shape index (κ2) is 5.23. The number of halogens is 4. The summed E-state index contributed by atoms with van der Waals surface area (Å²) in [4.78, 5) is 0. The lowest BCUT2D eigenvalue weighted by atomic mass is 10.1. The Morgan fingerprint density at radius 2 is 1.93 bits per heavy atom. The Morgan fingerprint density at radius 3 is 2.33 bits per heavy atom. The summed E-state index contributed by atoms with van der Waals surface area (Å²) in [6, 6.07) is 4.09. The van der Waals surface area contributed by atoms with E-state index in [2.05, 4.69) is 4.74 Å². The zero-order valence-electron chi connectivity index (χ0n) is 7.97. The van der Waals surface area contributed by atoms with E-state index in [1.807, 2.05) is 0 Å². The summed E-state index contributed by atoms with van der Waals surface area (Å²) in [7, 11) is 0. The molecule has 6 heteroatoms. The number of rotatable bonds is 2. The first kappa shape index (κ1) is 14.1. The summed E-state index contributed by atoms with van der Waals surface area (Å²) in [5, 5.41) is 0. The van der Waals surface area contributed by atoms with E-state index < -0.39 is 6.36 Å². The van der Waals surface area contributed by atoms with Crippen molar-refractivity contribution >= 4 is 12.4 Å². The third-order valence-electron chi connectivity index (χ3n) is 1.77. The van der Waals surface area contributed by atoms with Crippen LogP contribution in [0.15, 0.2) is 18.2 Å². The van der Waals surface area contributed by atoms with Crippen molar-refractivity contribution in [3.63, 3.8) is 0 Å². The van der Waals surface area contributed by atoms with Gasteiger partial charge in [0.1, 0.15) is 5.75 Å². The molecule has 0 aliphatic rings. The molecule has 2 N–H and O–H groups in total. The number of hydrogen-bond donors (Lipinski definition) is 1. The average Bonchev–Trinajstić information content (AvgIpc) is 2.01. The fourth-order valence-corrected chi connectivity index (χ4v) is 1.09. The predicted molar refractivity (Wildman–Crippen MR) is 53.0 cm³/mol. The van der Waals surface area contributed by atoms with Crippen LogP contribution >= 0.6 is 12.4 Å². The smallest absolute Gasteiger partial charge is 0.406 e. The van der Waals surface area contributed by atoms with Gasteiger partial charge in [0.05, 0.1) is 0 Å².